The van der Waals surface area contributed by atoms with Gasteiger partial charge in [0, 0.05) is 31.4 Å². The van der Waals surface area contributed by atoms with Gasteiger partial charge in [-0.3, -0.25) is 4.79 Å². The van der Waals surface area contributed by atoms with Crippen LogP contribution >= 0.6 is 0 Å². The van der Waals surface area contributed by atoms with E-state index in [0.29, 0.717) is 61.8 Å². The molecule has 1 aromatic heterocycles. The maximum Gasteiger partial charge on any atom is 0.273 e. The Labute approximate surface area is 156 Å². The highest BCUT2D eigenvalue weighted by atomic mass is 16.6. The first-order valence-corrected chi connectivity index (χ1v) is 8.70. The van der Waals surface area contributed by atoms with E-state index in [1.807, 2.05) is 6.07 Å². The SMILES string of the molecule is C#CCCC1(CCNC(=O)c2ncoc2-c2ccc3c(c2)OCCO3)N=N1. The molecule has 3 heterocycles. The second-order valence-corrected chi connectivity index (χ2v) is 6.28. The number of rotatable bonds is 7. The molecule has 0 fully saturated rings. The predicted molar refractivity (Wildman–Crippen MR) is 95.5 cm³/mol. The van der Waals surface area contributed by atoms with Crippen molar-refractivity contribution in [3.8, 4) is 35.2 Å². The number of hydrogen-bond acceptors (Lipinski definition) is 7. The molecule has 138 valence electrons. The predicted octanol–water partition coefficient (Wildman–Crippen LogP) is 2.81. The first-order valence-electron chi connectivity index (χ1n) is 8.70. The monoisotopic (exact) mass is 366 g/mol. The van der Waals surface area contributed by atoms with Gasteiger partial charge in [-0.15, -0.1) is 12.3 Å². The van der Waals surface area contributed by atoms with Crippen molar-refractivity contribution < 1.29 is 18.7 Å². The van der Waals surface area contributed by atoms with E-state index in [0.717, 1.165) is 0 Å². The van der Waals surface area contributed by atoms with E-state index < -0.39 is 5.66 Å². The van der Waals surface area contributed by atoms with Crippen LogP contribution < -0.4 is 14.8 Å². The first kappa shape index (κ1) is 17.1. The summed E-state index contributed by atoms with van der Waals surface area (Å²) >= 11 is 0. The van der Waals surface area contributed by atoms with Crippen LogP contribution in [0.2, 0.25) is 0 Å². The highest BCUT2D eigenvalue weighted by molar-refractivity contribution is 5.97. The summed E-state index contributed by atoms with van der Waals surface area (Å²) in [6.07, 6.45) is 8.45. The summed E-state index contributed by atoms with van der Waals surface area (Å²) in [5.41, 5.74) is 0.482. The molecule has 1 amide bonds. The molecule has 8 nitrogen and oxygen atoms in total. The number of oxazole rings is 1. The topological polar surface area (TPSA) is 98.3 Å². The summed E-state index contributed by atoms with van der Waals surface area (Å²) in [5, 5.41) is 11.0. The van der Waals surface area contributed by atoms with Crippen molar-refractivity contribution in [1.29, 1.82) is 0 Å². The van der Waals surface area contributed by atoms with E-state index >= 15 is 0 Å². The lowest BCUT2D eigenvalue weighted by molar-refractivity contribution is 0.0947. The average molecular weight is 366 g/mol. The zero-order valence-electron chi connectivity index (χ0n) is 14.6. The molecule has 2 aromatic rings. The van der Waals surface area contributed by atoms with Crippen molar-refractivity contribution in [3.63, 3.8) is 0 Å². The van der Waals surface area contributed by atoms with Gasteiger partial charge < -0.3 is 19.2 Å². The number of nitrogens with zero attached hydrogens (tertiary/aromatic N) is 3. The van der Waals surface area contributed by atoms with Gasteiger partial charge in [0.25, 0.3) is 5.91 Å². The van der Waals surface area contributed by atoms with Crippen molar-refractivity contribution in [3.05, 3.63) is 30.3 Å². The summed E-state index contributed by atoms with van der Waals surface area (Å²) in [6, 6.07) is 5.38. The number of fused-ring (bicyclic) bond motifs is 1. The summed E-state index contributed by atoms with van der Waals surface area (Å²) in [7, 11) is 0. The Morgan fingerprint density at radius 1 is 1.22 bits per heavy atom. The maximum atomic E-state index is 12.5. The molecule has 0 aliphatic carbocycles. The van der Waals surface area contributed by atoms with Crippen molar-refractivity contribution in [2.24, 2.45) is 10.2 Å². The van der Waals surface area contributed by atoms with Gasteiger partial charge in [0.1, 0.15) is 13.2 Å². The average Bonchev–Trinajstić information content (AvgIpc) is 3.29. The molecule has 8 heteroatoms. The Kier molecular flexibility index (Phi) is 4.50. The zero-order valence-corrected chi connectivity index (χ0v) is 14.6. The van der Waals surface area contributed by atoms with Gasteiger partial charge in [-0.05, 0) is 18.2 Å². The number of amides is 1. The van der Waals surface area contributed by atoms with Gasteiger partial charge in [-0.2, -0.15) is 10.2 Å². The smallest absolute Gasteiger partial charge is 0.273 e. The Morgan fingerprint density at radius 2 is 2.04 bits per heavy atom. The summed E-state index contributed by atoms with van der Waals surface area (Å²) in [6.45, 7) is 1.42. The molecule has 0 spiro atoms. The lowest BCUT2D eigenvalue weighted by atomic mass is 10.0. The molecule has 4 rings (SSSR count). The zero-order chi connectivity index (χ0) is 18.7. The molecule has 0 bridgehead atoms. The van der Waals surface area contributed by atoms with Crippen LogP contribution in [-0.4, -0.2) is 36.3 Å². The van der Waals surface area contributed by atoms with Crippen molar-refractivity contribution in [1.82, 2.24) is 10.3 Å². The van der Waals surface area contributed by atoms with Gasteiger partial charge in [0.05, 0.1) is 0 Å². The maximum absolute atomic E-state index is 12.5. The molecular formula is C19H18N4O4. The van der Waals surface area contributed by atoms with Crippen LogP contribution in [-0.2, 0) is 0 Å². The molecule has 0 radical (unpaired) electrons. The van der Waals surface area contributed by atoms with E-state index in [1.165, 1.54) is 6.39 Å². The Balaban J connectivity index is 1.41. The van der Waals surface area contributed by atoms with E-state index in [-0.39, 0.29) is 11.6 Å². The fraction of sp³-hybridized carbons (Fsp3) is 0.368. The standard InChI is InChI=1S/C19H18N4O4/c1-2-3-6-19(22-23-19)7-8-20-18(24)16-17(27-12-21-16)13-4-5-14-15(11-13)26-10-9-25-14/h1,4-5,11-12H,3,6-10H2,(H,20,24). The number of benzene rings is 1. The third-order valence-corrected chi connectivity index (χ3v) is 4.45. The number of carbonyl (C=O) groups is 1. The van der Waals surface area contributed by atoms with E-state index in [2.05, 4.69) is 26.4 Å². The normalized spacial score (nSPS) is 15.8. The fourth-order valence-corrected chi connectivity index (χ4v) is 2.93. The van der Waals surface area contributed by atoms with Crippen LogP contribution in [0.25, 0.3) is 11.3 Å². The van der Waals surface area contributed by atoms with Gasteiger partial charge in [-0.25, -0.2) is 4.98 Å². The lowest BCUT2D eigenvalue weighted by Crippen LogP contribution is -2.28. The van der Waals surface area contributed by atoms with Gasteiger partial charge in [0.2, 0.25) is 0 Å². The van der Waals surface area contributed by atoms with E-state index in [9.17, 15) is 4.79 Å². The van der Waals surface area contributed by atoms with Crippen molar-refractivity contribution in [2.75, 3.05) is 19.8 Å². The minimum atomic E-state index is -0.428. The summed E-state index contributed by atoms with van der Waals surface area (Å²) < 4.78 is 16.5. The Bertz CT molecular complexity index is 922. The van der Waals surface area contributed by atoms with Crippen molar-refractivity contribution in [2.45, 2.75) is 24.9 Å². The third kappa shape index (κ3) is 3.62. The molecule has 1 N–H and O–H groups in total. The van der Waals surface area contributed by atoms with Crippen LogP contribution in [0.3, 0.4) is 0 Å². The molecule has 0 atom stereocenters. The largest absolute Gasteiger partial charge is 0.486 e. The molecule has 2 aliphatic heterocycles. The van der Waals surface area contributed by atoms with Crippen LogP contribution in [0.4, 0.5) is 0 Å². The molecule has 2 aliphatic rings. The van der Waals surface area contributed by atoms with Gasteiger partial charge in [0.15, 0.2) is 35.0 Å². The molecule has 27 heavy (non-hydrogen) atoms. The minimum Gasteiger partial charge on any atom is -0.486 e. The Hall–Kier alpha value is -3.34. The van der Waals surface area contributed by atoms with Crippen LogP contribution in [0.1, 0.15) is 29.8 Å². The molecular weight excluding hydrogens is 348 g/mol. The van der Waals surface area contributed by atoms with Crippen LogP contribution in [0.5, 0.6) is 11.5 Å². The number of nitrogens with one attached hydrogen (secondary N) is 1. The quantitative estimate of drug-likeness (QED) is 0.760. The van der Waals surface area contributed by atoms with Crippen LogP contribution in [0, 0.1) is 12.3 Å². The Morgan fingerprint density at radius 3 is 2.81 bits per heavy atom. The highest BCUT2D eigenvalue weighted by Gasteiger charge is 2.38. The molecule has 0 saturated carbocycles. The lowest BCUT2D eigenvalue weighted by Gasteiger charge is -2.18. The van der Waals surface area contributed by atoms with Gasteiger partial charge >= 0.3 is 0 Å². The minimum absolute atomic E-state index is 0.217. The molecule has 0 unspecified atom stereocenters. The van der Waals surface area contributed by atoms with Gasteiger partial charge in [-0.1, -0.05) is 0 Å². The first-order chi connectivity index (χ1) is 13.2. The number of carbonyl (C=O) groups excluding carboxylic acids is 1. The van der Waals surface area contributed by atoms with Crippen molar-refractivity contribution >= 4 is 5.91 Å². The number of ether oxygens (including phenoxy) is 2. The number of terminal acetylenes is 1. The second kappa shape index (κ2) is 7.11. The fourth-order valence-electron chi connectivity index (χ4n) is 2.93. The number of aromatic nitrogens is 1. The van der Waals surface area contributed by atoms with E-state index in [1.54, 1.807) is 12.1 Å². The van der Waals surface area contributed by atoms with E-state index in [4.69, 9.17) is 20.3 Å². The second-order valence-electron chi connectivity index (χ2n) is 6.28. The molecule has 0 saturated heterocycles. The summed E-state index contributed by atoms with van der Waals surface area (Å²) in [5.74, 6) is 3.94. The molecule has 1 aromatic carbocycles. The highest BCUT2D eigenvalue weighted by Crippen LogP contribution is 2.37. The number of hydrogen-bond donors (Lipinski definition) is 1. The summed E-state index contributed by atoms with van der Waals surface area (Å²) in [4.78, 5) is 16.6. The third-order valence-electron chi connectivity index (χ3n) is 4.45. The van der Waals surface area contributed by atoms with Crippen LogP contribution in [0.15, 0.2) is 39.2 Å².